The summed E-state index contributed by atoms with van der Waals surface area (Å²) in [6, 6.07) is 2.85. The molecule has 0 aromatic carbocycles. The standard InChI is InChI=1S/C13H13N3O3/c17-12(16-6-2-4-10(16)13(18)19)9-7-15-11-8(9)3-1-5-14-11/h1,3,5,7,10H,2,4,6H2,(H,14,15)(H,18,19)/t10-/m1/s1. The summed E-state index contributed by atoms with van der Waals surface area (Å²) >= 11 is 0. The van der Waals surface area contributed by atoms with E-state index in [2.05, 4.69) is 9.97 Å². The molecule has 0 aliphatic carbocycles. The molecule has 0 saturated carbocycles. The first-order chi connectivity index (χ1) is 9.18. The predicted molar refractivity (Wildman–Crippen MR) is 67.8 cm³/mol. The van der Waals surface area contributed by atoms with Gasteiger partial charge in [0.05, 0.1) is 5.56 Å². The van der Waals surface area contributed by atoms with Crippen molar-refractivity contribution in [3.8, 4) is 0 Å². The van der Waals surface area contributed by atoms with Gasteiger partial charge >= 0.3 is 5.97 Å². The summed E-state index contributed by atoms with van der Waals surface area (Å²) in [4.78, 5) is 32.1. The van der Waals surface area contributed by atoms with E-state index in [-0.39, 0.29) is 5.91 Å². The number of carbonyl (C=O) groups is 2. The number of likely N-dealkylation sites (tertiary alicyclic amines) is 1. The molecule has 2 N–H and O–H groups in total. The summed E-state index contributed by atoms with van der Waals surface area (Å²) < 4.78 is 0. The fourth-order valence-corrected chi connectivity index (χ4v) is 2.55. The average Bonchev–Trinajstić information content (AvgIpc) is 3.05. The molecule has 0 spiro atoms. The van der Waals surface area contributed by atoms with Crippen LogP contribution in [0.15, 0.2) is 24.5 Å². The van der Waals surface area contributed by atoms with Crippen molar-refractivity contribution in [2.75, 3.05) is 6.54 Å². The molecule has 0 unspecified atom stereocenters. The molecule has 1 saturated heterocycles. The number of aromatic amines is 1. The van der Waals surface area contributed by atoms with Crippen LogP contribution in [0.3, 0.4) is 0 Å². The molecular formula is C13H13N3O3. The van der Waals surface area contributed by atoms with Gasteiger partial charge in [-0.15, -0.1) is 0 Å². The largest absolute Gasteiger partial charge is 0.480 e. The molecule has 6 nitrogen and oxygen atoms in total. The fourth-order valence-electron chi connectivity index (χ4n) is 2.55. The van der Waals surface area contributed by atoms with Crippen LogP contribution in [0.5, 0.6) is 0 Å². The van der Waals surface area contributed by atoms with Gasteiger partial charge in [0.1, 0.15) is 11.7 Å². The van der Waals surface area contributed by atoms with Crippen molar-refractivity contribution >= 4 is 22.9 Å². The Bertz CT molecular complexity index is 649. The van der Waals surface area contributed by atoms with Crippen molar-refractivity contribution in [3.63, 3.8) is 0 Å². The van der Waals surface area contributed by atoms with Crippen LogP contribution >= 0.6 is 0 Å². The normalized spacial score (nSPS) is 18.9. The second kappa shape index (κ2) is 4.38. The first-order valence-electron chi connectivity index (χ1n) is 6.14. The number of nitrogens with one attached hydrogen (secondary N) is 1. The second-order valence-corrected chi connectivity index (χ2v) is 4.60. The molecule has 2 aromatic heterocycles. The molecule has 1 aliphatic rings. The smallest absolute Gasteiger partial charge is 0.326 e. The van der Waals surface area contributed by atoms with Crippen LogP contribution in [0.1, 0.15) is 23.2 Å². The van der Waals surface area contributed by atoms with Gasteiger partial charge in [0.15, 0.2) is 0 Å². The molecule has 1 atom stereocenters. The Balaban J connectivity index is 1.98. The summed E-state index contributed by atoms with van der Waals surface area (Å²) in [5.41, 5.74) is 1.12. The Morgan fingerprint density at radius 2 is 2.32 bits per heavy atom. The molecule has 0 bridgehead atoms. The zero-order valence-electron chi connectivity index (χ0n) is 10.2. The van der Waals surface area contributed by atoms with Crippen molar-refractivity contribution in [3.05, 3.63) is 30.1 Å². The molecule has 3 rings (SSSR count). The van der Waals surface area contributed by atoms with Gasteiger partial charge in [-0.1, -0.05) is 0 Å². The first kappa shape index (κ1) is 11.7. The van der Waals surface area contributed by atoms with Gasteiger partial charge < -0.3 is 15.0 Å². The number of carboxylic acids is 1. The molecule has 6 heteroatoms. The number of amides is 1. The van der Waals surface area contributed by atoms with Gasteiger partial charge in [0, 0.05) is 24.3 Å². The van der Waals surface area contributed by atoms with Gasteiger partial charge in [-0.2, -0.15) is 0 Å². The molecule has 19 heavy (non-hydrogen) atoms. The van der Waals surface area contributed by atoms with E-state index in [1.807, 2.05) is 0 Å². The Labute approximate surface area is 109 Å². The third-order valence-electron chi connectivity index (χ3n) is 3.48. The zero-order chi connectivity index (χ0) is 13.4. The van der Waals surface area contributed by atoms with Crippen molar-refractivity contribution < 1.29 is 14.7 Å². The molecule has 1 amide bonds. The van der Waals surface area contributed by atoms with Crippen molar-refractivity contribution in [1.29, 1.82) is 0 Å². The molecule has 0 radical (unpaired) electrons. The topological polar surface area (TPSA) is 86.3 Å². The predicted octanol–water partition coefficient (Wildman–Crippen LogP) is 1.25. The van der Waals surface area contributed by atoms with Crippen molar-refractivity contribution in [2.24, 2.45) is 0 Å². The lowest BCUT2D eigenvalue weighted by atomic mass is 10.1. The highest BCUT2D eigenvalue weighted by Gasteiger charge is 2.35. The van der Waals surface area contributed by atoms with E-state index >= 15 is 0 Å². The van der Waals surface area contributed by atoms with Crippen LogP contribution in [0.4, 0.5) is 0 Å². The third kappa shape index (κ3) is 1.85. The van der Waals surface area contributed by atoms with Crippen LogP contribution in [0.25, 0.3) is 11.0 Å². The maximum Gasteiger partial charge on any atom is 0.326 e. The van der Waals surface area contributed by atoms with Gasteiger partial charge in [-0.05, 0) is 25.0 Å². The van der Waals surface area contributed by atoms with Crippen LogP contribution < -0.4 is 0 Å². The molecule has 1 fully saturated rings. The quantitative estimate of drug-likeness (QED) is 0.849. The molecule has 2 aromatic rings. The Morgan fingerprint density at radius 3 is 3.11 bits per heavy atom. The van der Waals surface area contributed by atoms with E-state index in [1.54, 1.807) is 24.5 Å². The van der Waals surface area contributed by atoms with Crippen LogP contribution in [-0.4, -0.2) is 44.4 Å². The summed E-state index contributed by atoms with van der Waals surface area (Å²) in [6.45, 7) is 0.489. The average molecular weight is 259 g/mol. The van der Waals surface area contributed by atoms with Crippen LogP contribution in [-0.2, 0) is 4.79 Å². The maximum absolute atomic E-state index is 12.5. The van der Waals surface area contributed by atoms with Crippen LogP contribution in [0, 0.1) is 0 Å². The second-order valence-electron chi connectivity index (χ2n) is 4.60. The number of aliphatic carboxylic acids is 1. The van der Waals surface area contributed by atoms with E-state index in [4.69, 9.17) is 5.11 Å². The summed E-state index contributed by atoms with van der Waals surface area (Å²) in [7, 11) is 0. The minimum atomic E-state index is -0.941. The molecule has 3 heterocycles. The van der Waals surface area contributed by atoms with Crippen molar-refractivity contribution in [1.82, 2.24) is 14.9 Å². The minimum absolute atomic E-state index is 0.246. The number of H-pyrrole nitrogens is 1. The SMILES string of the molecule is O=C(O)[C@H]1CCCN1C(=O)c1c[nH]c2ncccc12. The number of rotatable bonds is 2. The number of carbonyl (C=O) groups excluding carboxylic acids is 1. The lowest BCUT2D eigenvalue weighted by Crippen LogP contribution is -2.40. The minimum Gasteiger partial charge on any atom is -0.480 e. The number of carboxylic acid groups (broad SMARTS) is 1. The lowest BCUT2D eigenvalue weighted by molar-refractivity contribution is -0.141. The molecular weight excluding hydrogens is 246 g/mol. The Kier molecular flexibility index (Phi) is 2.70. The highest BCUT2D eigenvalue weighted by atomic mass is 16.4. The van der Waals surface area contributed by atoms with E-state index in [0.29, 0.717) is 24.2 Å². The Hall–Kier alpha value is -2.37. The number of hydrogen-bond acceptors (Lipinski definition) is 3. The summed E-state index contributed by atoms with van der Waals surface area (Å²) in [5.74, 6) is -1.19. The number of nitrogens with zero attached hydrogens (tertiary/aromatic N) is 2. The zero-order valence-corrected chi connectivity index (χ0v) is 10.2. The number of fused-ring (bicyclic) bond motifs is 1. The van der Waals surface area contributed by atoms with Crippen LogP contribution in [0.2, 0.25) is 0 Å². The van der Waals surface area contributed by atoms with Gasteiger partial charge in [-0.3, -0.25) is 4.79 Å². The van der Waals surface area contributed by atoms with Gasteiger partial charge in [0.2, 0.25) is 0 Å². The first-order valence-corrected chi connectivity index (χ1v) is 6.14. The summed E-state index contributed by atoms with van der Waals surface area (Å²) in [6.07, 6.45) is 4.48. The number of hydrogen-bond donors (Lipinski definition) is 2. The Morgan fingerprint density at radius 1 is 1.47 bits per heavy atom. The van der Waals surface area contributed by atoms with E-state index in [9.17, 15) is 9.59 Å². The highest BCUT2D eigenvalue weighted by Crippen LogP contribution is 2.23. The van der Waals surface area contributed by atoms with E-state index in [0.717, 1.165) is 11.8 Å². The molecule has 1 aliphatic heterocycles. The number of aromatic nitrogens is 2. The number of pyridine rings is 1. The molecule has 98 valence electrons. The van der Waals surface area contributed by atoms with E-state index in [1.165, 1.54) is 4.90 Å². The fraction of sp³-hybridized carbons (Fsp3) is 0.308. The monoisotopic (exact) mass is 259 g/mol. The van der Waals surface area contributed by atoms with E-state index < -0.39 is 12.0 Å². The highest BCUT2D eigenvalue weighted by molar-refractivity contribution is 6.07. The third-order valence-corrected chi connectivity index (χ3v) is 3.48. The summed E-state index contributed by atoms with van der Waals surface area (Å²) in [5, 5.41) is 9.85. The maximum atomic E-state index is 12.5. The van der Waals surface area contributed by atoms with Gasteiger partial charge in [-0.25, -0.2) is 9.78 Å². The van der Waals surface area contributed by atoms with Gasteiger partial charge in [0.25, 0.3) is 5.91 Å². The lowest BCUT2D eigenvalue weighted by Gasteiger charge is -2.20. The van der Waals surface area contributed by atoms with Crippen molar-refractivity contribution in [2.45, 2.75) is 18.9 Å².